The molecule has 2 aromatic carbocycles. The maximum absolute atomic E-state index is 12.3. The van der Waals surface area contributed by atoms with Gasteiger partial charge in [0.05, 0.1) is 11.7 Å². The molecule has 25 heavy (non-hydrogen) atoms. The van der Waals surface area contributed by atoms with Crippen molar-refractivity contribution in [1.82, 2.24) is 0 Å². The summed E-state index contributed by atoms with van der Waals surface area (Å²) in [7, 11) is 0. The van der Waals surface area contributed by atoms with E-state index in [1.54, 1.807) is 24.3 Å². The molecule has 1 aliphatic heterocycles. The Morgan fingerprint density at radius 2 is 1.56 bits per heavy atom. The summed E-state index contributed by atoms with van der Waals surface area (Å²) in [6, 6.07) is 18.5. The van der Waals surface area contributed by atoms with Crippen LogP contribution in [0.4, 0.5) is 0 Å². The summed E-state index contributed by atoms with van der Waals surface area (Å²) in [4.78, 5) is 23.6. The van der Waals surface area contributed by atoms with Crippen LogP contribution in [0.15, 0.2) is 60.7 Å². The Hall–Kier alpha value is -2.66. The Balaban J connectivity index is 1.73. The first kappa shape index (κ1) is 17.2. The molecule has 0 N–H and O–H groups in total. The van der Waals surface area contributed by atoms with Gasteiger partial charge in [0.1, 0.15) is 6.10 Å². The van der Waals surface area contributed by atoms with Crippen molar-refractivity contribution in [2.75, 3.05) is 0 Å². The van der Waals surface area contributed by atoms with Crippen molar-refractivity contribution in [3.63, 3.8) is 0 Å². The Morgan fingerprint density at radius 3 is 2.20 bits per heavy atom. The molecule has 1 aliphatic rings. The highest BCUT2D eigenvalue weighted by atomic mass is 16.7. The maximum Gasteiger partial charge on any atom is 0.338 e. The maximum atomic E-state index is 12.3. The fourth-order valence-corrected chi connectivity index (χ4v) is 2.88. The number of benzene rings is 2. The van der Waals surface area contributed by atoms with Crippen molar-refractivity contribution in [2.45, 2.75) is 38.3 Å². The van der Waals surface area contributed by atoms with Crippen LogP contribution in [0.3, 0.4) is 0 Å². The second-order valence-corrected chi connectivity index (χ2v) is 5.94. The second-order valence-electron chi connectivity index (χ2n) is 5.94. The van der Waals surface area contributed by atoms with E-state index in [4.69, 9.17) is 14.2 Å². The third-order valence-corrected chi connectivity index (χ3v) is 4.00. The number of rotatable bonds is 4. The predicted molar refractivity (Wildman–Crippen MR) is 90.7 cm³/mol. The summed E-state index contributed by atoms with van der Waals surface area (Å²) in [6.45, 7) is 1.33. The zero-order chi connectivity index (χ0) is 17.6. The van der Waals surface area contributed by atoms with E-state index < -0.39 is 18.4 Å². The van der Waals surface area contributed by atoms with Gasteiger partial charge in [0.15, 0.2) is 0 Å². The third kappa shape index (κ3) is 4.67. The minimum absolute atomic E-state index is 0.298. The van der Waals surface area contributed by atoms with Crippen LogP contribution in [-0.4, -0.2) is 24.3 Å². The van der Waals surface area contributed by atoms with Crippen LogP contribution in [0.1, 0.15) is 41.8 Å². The smallest absolute Gasteiger partial charge is 0.338 e. The standard InChI is InChI=1S/C20H20O5/c1-14(21)23-19-13-17(24-20(22)16-10-6-3-7-11-16)12-18(25-19)15-8-4-2-5-9-15/h2-11,17-19H,12-13H2,1H3/t17-,18+,19?/m1/s1. The molecule has 1 saturated heterocycles. The van der Waals surface area contributed by atoms with E-state index in [2.05, 4.69) is 0 Å². The number of esters is 2. The van der Waals surface area contributed by atoms with E-state index in [1.807, 2.05) is 36.4 Å². The summed E-state index contributed by atoms with van der Waals surface area (Å²) >= 11 is 0. The summed E-state index contributed by atoms with van der Waals surface area (Å²) in [5.74, 6) is -0.812. The molecule has 0 aromatic heterocycles. The predicted octanol–water partition coefficient (Wildman–Crippen LogP) is 3.65. The van der Waals surface area contributed by atoms with Gasteiger partial charge in [0, 0.05) is 19.8 Å². The minimum atomic E-state index is -0.731. The summed E-state index contributed by atoms with van der Waals surface area (Å²) in [5, 5.41) is 0. The van der Waals surface area contributed by atoms with Crippen LogP contribution in [0.25, 0.3) is 0 Å². The largest absolute Gasteiger partial charge is 0.458 e. The molecule has 2 aromatic rings. The summed E-state index contributed by atoms with van der Waals surface area (Å²) in [6.07, 6.45) is -0.587. The van der Waals surface area contributed by atoms with Gasteiger partial charge in [0.2, 0.25) is 6.29 Å². The van der Waals surface area contributed by atoms with Gasteiger partial charge in [-0.2, -0.15) is 0 Å². The highest BCUT2D eigenvalue weighted by molar-refractivity contribution is 5.89. The molecule has 0 saturated carbocycles. The summed E-state index contributed by atoms with van der Waals surface area (Å²) in [5.41, 5.74) is 1.45. The Kier molecular flexibility index (Phi) is 5.46. The molecule has 130 valence electrons. The van der Waals surface area contributed by atoms with E-state index in [0.29, 0.717) is 18.4 Å². The van der Waals surface area contributed by atoms with E-state index in [-0.39, 0.29) is 12.1 Å². The number of ether oxygens (including phenoxy) is 3. The Morgan fingerprint density at radius 1 is 0.920 bits per heavy atom. The zero-order valence-corrected chi connectivity index (χ0v) is 14.0. The minimum Gasteiger partial charge on any atom is -0.458 e. The van der Waals surface area contributed by atoms with Crippen molar-refractivity contribution in [1.29, 1.82) is 0 Å². The van der Waals surface area contributed by atoms with Crippen molar-refractivity contribution in [2.24, 2.45) is 0 Å². The van der Waals surface area contributed by atoms with Crippen LogP contribution in [0, 0.1) is 0 Å². The number of hydrogen-bond donors (Lipinski definition) is 0. The third-order valence-electron chi connectivity index (χ3n) is 4.00. The molecule has 5 nitrogen and oxygen atoms in total. The zero-order valence-electron chi connectivity index (χ0n) is 14.0. The van der Waals surface area contributed by atoms with Gasteiger partial charge in [-0.15, -0.1) is 0 Å². The molecule has 3 atom stereocenters. The summed E-state index contributed by atoms with van der Waals surface area (Å²) < 4.78 is 16.7. The molecular formula is C20H20O5. The molecule has 0 bridgehead atoms. The van der Waals surface area contributed by atoms with Crippen LogP contribution in [-0.2, 0) is 19.0 Å². The quantitative estimate of drug-likeness (QED) is 0.795. The lowest BCUT2D eigenvalue weighted by atomic mass is 9.98. The number of carbonyl (C=O) groups excluding carboxylic acids is 2. The molecule has 1 unspecified atom stereocenters. The Labute approximate surface area is 146 Å². The van der Waals surface area contributed by atoms with E-state index in [1.165, 1.54) is 6.92 Å². The van der Waals surface area contributed by atoms with Gasteiger partial charge in [-0.1, -0.05) is 48.5 Å². The molecule has 0 amide bonds. The number of carbonyl (C=O) groups is 2. The lowest BCUT2D eigenvalue weighted by molar-refractivity contribution is -0.216. The second kappa shape index (κ2) is 7.94. The van der Waals surface area contributed by atoms with Crippen LogP contribution in [0.2, 0.25) is 0 Å². The molecule has 5 heteroatoms. The highest BCUT2D eigenvalue weighted by Crippen LogP contribution is 2.33. The molecule has 1 fully saturated rings. The lowest BCUT2D eigenvalue weighted by Gasteiger charge is -2.34. The molecule has 0 aliphatic carbocycles. The van der Waals surface area contributed by atoms with Gasteiger partial charge < -0.3 is 14.2 Å². The Bertz CT molecular complexity index is 713. The molecule has 0 radical (unpaired) electrons. The first-order valence-corrected chi connectivity index (χ1v) is 8.25. The van der Waals surface area contributed by atoms with Gasteiger partial charge in [-0.05, 0) is 17.7 Å². The van der Waals surface area contributed by atoms with E-state index >= 15 is 0 Å². The van der Waals surface area contributed by atoms with Crippen molar-refractivity contribution in [3.8, 4) is 0 Å². The molecular weight excluding hydrogens is 320 g/mol. The highest BCUT2D eigenvalue weighted by Gasteiger charge is 2.34. The first-order valence-electron chi connectivity index (χ1n) is 8.25. The van der Waals surface area contributed by atoms with Crippen molar-refractivity contribution >= 4 is 11.9 Å². The fraction of sp³-hybridized carbons (Fsp3) is 0.300. The van der Waals surface area contributed by atoms with Gasteiger partial charge in [-0.3, -0.25) is 4.79 Å². The SMILES string of the molecule is CC(=O)OC1C[C@H](OC(=O)c2ccccc2)C[C@@H](c2ccccc2)O1. The topological polar surface area (TPSA) is 61.8 Å². The monoisotopic (exact) mass is 340 g/mol. The average molecular weight is 340 g/mol. The van der Waals surface area contributed by atoms with Crippen LogP contribution in [0.5, 0.6) is 0 Å². The van der Waals surface area contributed by atoms with Gasteiger partial charge >= 0.3 is 11.9 Å². The normalized spacial score (nSPS) is 22.8. The van der Waals surface area contributed by atoms with Crippen LogP contribution < -0.4 is 0 Å². The van der Waals surface area contributed by atoms with Crippen LogP contribution >= 0.6 is 0 Å². The first-order chi connectivity index (χ1) is 12.1. The lowest BCUT2D eigenvalue weighted by Crippen LogP contribution is -2.36. The fourth-order valence-electron chi connectivity index (χ4n) is 2.88. The molecule has 3 rings (SSSR count). The van der Waals surface area contributed by atoms with Crippen molar-refractivity contribution in [3.05, 3.63) is 71.8 Å². The molecule has 1 heterocycles. The molecule has 0 spiro atoms. The van der Waals surface area contributed by atoms with E-state index in [9.17, 15) is 9.59 Å². The van der Waals surface area contributed by atoms with Gasteiger partial charge in [0.25, 0.3) is 0 Å². The van der Waals surface area contributed by atoms with E-state index in [0.717, 1.165) is 5.56 Å². The van der Waals surface area contributed by atoms with Gasteiger partial charge in [-0.25, -0.2) is 4.79 Å². The van der Waals surface area contributed by atoms with Crippen molar-refractivity contribution < 1.29 is 23.8 Å². The average Bonchev–Trinajstić information content (AvgIpc) is 2.62. The number of hydrogen-bond acceptors (Lipinski definition) is 5.